The average Bonchev–Trinajstić information content (AvgIpc) is 2.34. The molecule has 116 valence electrons. The Kier molecular flexibility index (Phi) is 7.32. The van der Waals surface area contributed by atoms with Gasteiger partial charge in [0.25, 0.3) is 0 Å². The summed E-state index contributed by atoms with van der Waals surface area (Å²) in [7, 11) is 0. The fraction of sp³-hybridized carbons (Fsp3) is 0.733. The number of carbonyl (C=O) groups is 2. The summed E-state index contributed by atoms with van der Waals surface area (Å²) >= 11 is 0. The summed E-state index contributed by atoms with van der Waals surface area (Å²) in [6, 6.07) is -0.289. The molecule has 0 rings (SSSR count). The molecule has 5 heteroatoms. The van der Waals surface area contributed by atoms with Gasteiger partial charge in [0.1, 0.15) is 0 Å². The predicted molar refractivity (Wildman–Crippen MR) is 80.0 cm³/mol. The van der Waals surface area contributed by atoms with Crippen molar-refractivity contribution in [3.05, 3.63) is 12.2 Å². The van der Waals surface area contributed by atoms with Gasteiger partial charge in [0.2, 0.25) is 0 Å². The number of rotatable bonds is 5. The Labute approximate surface area is 122 Å². The van der Waals surface area contributed by atoms with Crippen LogP contribution in [0.2, 0.25) is 0 Å². The summed E-state index contributed by atoms with van der Waals surface area (Å²) in [6.45, 7) is 15.8. The molecular formula is C15H28N2O3. The minimum atomic E-state index is -0.609. The largest absolute Gasteiger partial charge is 0.358 e. The van der Waals surface area contributed by atoms with Gasteiger partial charge in [-0.2, -0.15) is 0 Å². The summed E-state index contributed by atoms with van der Waals surface area (Å²) in [6.07, 6.45) is 1.93. The highest BCUT2D eigenvalue weighted by Gasteiger charge is 2.33. The van der Waals surface area contributed by atoms with Crippen LogP contribution in [0.4, 0.5) is 4.79 Å². The van der Waals surface area contributed by atoms with E-state index in [-0.39, 0.29) is 11.6 Å². The lowest BCUT2D eigenvalue weighted by Gasteiger charge is -2.36. The van der Waals surface area contributed by atoms with E-state index >= 15 is 0 Å². The molecule has 0 fully saturated rings. The zero-order chi connectivity index (χ0) is 15.9. The maximum atomic E-state index is 12.5. The van der Waals surface area contributed by atoms with Crippen molar-refractivity contribution in [3.8, 4) is 0 Å². The van der Waals surface area contributed by atoms with Gasteiger partial charge in [0.15, 0.2) is 0 Å². The van der Waals surface area contributed by atoms with Crippen LogP contribution in [-0.4, -0.2) is 40.6 Å². The van der Waals surface area contributed by atoms with Gasteiger partial charge in [-0.15, -0.1) is 5.06 Å². The maximum absolute atomic E-state index is 12.5. The van der Waals surface area contributed by atoms with Crippen LogP contribution in [0.1, 0.15) is 54.4 Å². The minimum absolute atomic E-state index is 0.267. The number of hydrogen-bond acceptors (Lipinski definition) is 3. The molecule has 0 saturated carbocycles. The first kappa shape index (κ1) is 18.5. The van der Waals surface area contributed by atoms with Crippen LogP contribution in [0.15, 0.2) is 12.2 Å². The molecule has 0 saturated heterocycles. The Hall–Kier alpha value is -1.52. The molecule has 0 aromatic heterocycles. The fourth-order valence-corrected chi connectivity index (χ4v) is 1.49. The first-order valence-electron chi connectivity index (χ1n) is 7.12. The van der Waals surface area contributed by atoms with Gasteiger partial charge in [-0.25, -0.2) is 9.59 Å². The van der Waals surface area contributed by atoms with Gasteiger partial charge in [0, 0.05) is 18.7 Å². The van der Waals surface area contributed by atoms with Crippen molar-refractivity contribution in [2.75, 3.05) is 13.1 Å². The lowest BCUT2D eigenvalue weighted by molar-refractivity contribution is -0.191. The predicted octanol–water partition coefficient (Wildman–Crippen LogP) is 3.36. The second-order valence-corrected chi connectivity index (χ2v) is 5.84. The Morgan fingerprint density at radius 1 is 1.20 bits per heavy atom. The Morgan fingerprint density at radius 3 is 2.10 bits per heavy atom. The molecule has 0 aromatic rings. The first-order valence-corrected chi connectivity index (χ1v) is 7.12. The molecule has 20 heavy (non-hydrogen) atoms. The number of unbranched alkanes of at least 4 members (excludes halogenated alkanes) is 1. The summed E-state index contributed by atoms with van der Waals surface area (Å²) in [5, 5.41) is 1.14. The molecule has 0 bridgehead atoms. The molecule has 0 spiro atoms. The first-order chi connectivity index (χ1) is 9.15. The quantitative estimate of drug-likeness (QED) is 0.574. The van der Waals surface area contributed by atoms with Crippen LogP contribution in [0, 0.1) is 0 Å². The van der Waals surface area contributed by atoms with E-state index in [1.807, 2.05) is 27.7 Å². The molecule has 0 radical (unpaired) electrons. The van der Waals surface area contributed by atoms with Crippen molar-refractivity contribution >= 4 is 12.0 Å². The van der Waals surface area contributed by atoms with Crippen molar-refractivity contribution in [2.45, 2.75) is 59.9 Å². The third-order valence-electron chi connectivity index (χ3n) is 2.74. The normalized spacial score (nSPS) is 10.9. The van der Waals surface area contributed by atoms with E-state index in [0.717, 1.165) is 17.9 Å². The average molecular weight is 284 g/mol. The van der Waals surface area contributed by atoms with Crippen molar-refractivity contribution in [3.63, 3.8) is 0 Å². The van der Waals surface area contributed by atoms with Crippen LogP contribution in [-0.2, 0) is 9.63 Å². The summed E-state index contributed by atoms with van der Waals surface area (Å²) in [5.41, 5.74) is -0.342. The zero-order valence-electron chi connectivity index (χ0n) is 13.7. The number of amides is 2. The van der Waals surface area contributed by atoms with Gasteiger partial charge < -0.3 is 9.74 Å². The van der Waals surface area contributed by atoms with Crippen molar-refractivity contribution in [1.82, 2.24) is 9.96 Å². The maximum Gasteiger partial charge on any atom is 0.358 e. The summed E-state index contributed by atoms with van der Waals surface area (Å²) in [5.74, 6) is -0.584. The van der Waals surface area contributed by atoms with Crippen LogP contribution in [0.5, 0.6) is 0 Å². The molecule has 0 unspecified atom stereocenters. The number of carbonyl (C=O) groups excluding carboxylic acids is 2. The molecule has 0 N–H and O–H groups in total. The highest BCUT2D eigenvalue weighted by Crippen LogP contribution is 2.18. The van der Waals surface area contributed by atoms with Gasteiger partial charge in [-0.05, 0) is 41.0 Å². The van der Waals surface area contributed by atoms with Gasteiger partial charge in [-0.3, -0.25) is 0 Å². The zero-order valence-corrected chi connectivity index (χ0v) is 13.7. The van der Waals surface area contributed by atoms with Crippen LogP contribution in [0.3, 0.4) is 0 Å². The summed E-state index contributed by atoms with van der Waals surface area (Å²) < 4.78 is 0. The van der Waals surface area contributed by atoms with Crippen molar-refractivity contribution < 1.29 is 14.4 Å². The number of hydroxylamine groups is 2. The van der Waals surface area contributed by atoms with Gasteiger partial charge in [0.05, 0.1) is 5.54 Å². The summed E-state index contributed by atoms with van der Waals surface area (Å²) in [4.78, 5) is 31.1. The number of hydrogen-bond donors (Lipinski definition) is 0. The molecule has 0 aromatic carbocycles. The molecule has 0 aliphatic heterocycles. The minimum Gasteiger partial charge on any atom is -0.331 e. The number of nitrogens with zero attached hydrogens (tertiary/aromatic N) is 2. The van der Waals surface area contributed by atoms with E-state index in [4.69, 9.17) is 4.84 Å². The Bertz CT molecular complexity index is 359. The lowest BCUT2D eigenvalue weighted by Crippen LogP contribution is -2.52. The third-order valence-corrected chi connectivity index (χ3v) is 2.74. The van der Waals surface area contributed by atoms with E-state index in [0.29, 0.717) is 13.1 Å². The van der Waals surface area contributed by atoms with Crippen LogP contribution >= 0.6 is 0 Å². The van der Waals surface area contributed by atoms with Gasteiger partial charge in [-0.1, -0.05) is 19.9 Å². The van der Waals surface area contributed by atoms with Gasteiger partial charge >= 0.3 is 12.0 Å². The molecule has 2 amide bonds. The van der Waals surface area contributed by atoms with Crippen molar-refractivity contribution in [2.24, 2.45) is 0 Å². The highest BCUT2D eigenvalue weighted by atomic mass is 16.7. The lowest BCUT2D eigenvalue weighted by atomic mass is 10.1. The monoisotopic (exact) mass is 284 g/mol. The highest BCUT2D eigenvalue weighted by molar-refractivity contribution is 5.88. The standard InChI is InChI=1S/C15H28N2O3/c1-8-10-11-16(9-2)14(19)17(15(5,6)7)20-13(18)12(3)4/h3,8-11H2,1-2,4-7H3. The second-order valence-electron chi connectivity index (χ2n) is 5.84. The second kappa shape index (κ2) is 7.92. The molecule has 0 aliphatic rings. The van der Waals surface area contributed by atoms with E-state index in [9.17, 15) is 9.59 Å². The van der Waals surface area contributed by atoms with Crippen LogP contribution in [0.25, 0.3) is 0 Å². The Balaban J connectivity index is 5.07. The molecule has 0 atom stereocenters. The SMILES string of the molecule is C=C(C)C(=O)ON(C(=O)N(CC)CCCC)C(C)(C)C. The van der Waals surface area contributed by atoms with Crippen LogP contribution < -0.4 is 0 Å². The van der Waals surface area contributed by atoms with Crippen molar-refractivity contribution in [1.29, 1.82) is 0 Å². The van der Waals surface area contributed by atoms with E-state index < -0.39 is 11.5 Å². The van der Waals surface area contributed by atoms with E-state index in [2.05, 4.69) is 13.5 Å². The van der Waals surface area contributed by atoms with E-state index in [1.54, 1.807) is 11.8 Å². The smallest absolute Gasteiger partial charge is 0.331 e. The topological polar surface area (TPSA) is 49.9 Å². The number of urea groups is 1. The molecule has 0 heterocycles. The Morgan fingerprint density at radius 2 is 1.75 bits per heavy atom. The van der Waals surface area contributed by atoms with E-state index in [1.165, 1.54) is 0 Å². The molecule has 5 nitrogen and oxygen atoms in total. The third kappa shape index (κ3) is 5.63. The molecule has 0 aliphatic carbocycles. The molecular weight excluding hydrogens is 256 g/mol. The fourth-order valence-electron chi connectivity index (χ4n) is 1.49.